The molecule has 2 N–H and O–H groups in total. The minimum Gasteiger partial charge on any atom is -0.489 e. The Morgan fingerprint density at radius 3 is 2.69 bits per heavy atom. The highest BCUT2D eigenvalue weighted by molar-refractivity contribution is 5.36. The SMILES string of the molecule is CC(N)c1cccc(F)c1OCCN(C)C. The smallest absolute Gasteiger partial charge is 0.165 e. The van der Waals surface area contributed by atoms with Gasteiger partial charge in [-0.2, -0.15) is 0 Å². The molecular weight excluding hydrogens is 207 g/mol. The van der Waals surface area contributed by atoms with Gasteiger partial charge in [-0.05, 0) is 27.1 Å². The lowest BCUT2D eigenvalue weighted by molar-refractivity contribution is 0.249. The number of nitrogens with zero attached hydrogens (tertiary/aromatic N) is 1. The average Bonchev–Trinajstić information content (AvgIpc) is 2.19. The summed E-state index contributed by atoms with van der Waals surface area (Å²) in [5.74, 6) is -0.0760. The van der Waals surface area contributed by atoms with Gasteiger partial charge in [-0.15, -0.1) is 0 Å². The van der Waals surface area contributed by atoms with Crippen LogP contribution >= 0.6 is 0 Å². The van der Waals surface area contributed by atoms with Gasteiger partial charge in [-0.1, -0.05) is 12.1 Å². The van der Waals surface area contributed by atoms with Crippen LogP contribution in [0.25, 0.3) is 0 Å². The normalized spacial score (nSPS) is 12.9. The average molecular weight is 226 g/mol. The monoisotopic (exact) mass is 226 g/mol. The molecular formula is C12H19FN2O. The minimum atomic E-state index is -0.353. The third kappa shape index (κ3) is 3.47. The molecule has 0 fully saturated rings. The van der Waals surface area contributed by atoms with Gasteiger partial charge in [-0.3, -0.25) is 0 Å². The highest BCUT2D eigenvalue weighted by Crippen LogP contribution is 2.26. The molecule has 0 amide bonds. The Bertz CT molecular complexity index is 340. The second kappa shape index (κ2) is 5.82. The van der Waals surface area contributed by atoms with Crippen LogP contribution < -0.4 is 10.5 Å². The predicted octanol–water partition coefficient (Wildman–Crippen LogP) is 1.79. The van der Waals surface area contributed by atoms with Crippen LogP contribution in [0.1, 0.15) is 18.5 Å². The molecule has 0 saturated carbocycles. The summed E-state index contributed by atoms with van der Waals surface area (Å²) in [6.07, 6.45) is 0. The van der Waals surface area contributed by atoms with Crippen molar-refractivity contribution in [1.82, 2.24) is 4.90 Å². The van der Waals surface area contributed by atoms with E-state index in [4.69, 9.17) is 10.5 Å². The van der Waals surface area contributed by atoms with Crippen molar-refractivity contribution >= 4 is 0 Å². The molecule has 16 heavy (non-hydrogen) atoms. The van der Waals surface area contributed by atoms with Crippen molar-refractivity contribution in [3.63, 3.8) is 0 Å². The number of para-hydroxylation sites is 1. The van der Waals surface area contributed by atoms with Gasteiger partial charge in [0.15, 0.2) is 11.6 Å². The number of likely N-dealkylation sites (N-methyl/N-ethyl adjacent to an activating group) is 1. The van der Waals surface area contributed by atoms with E-state index in [1.807, 2.05) is 25.9 Å². The van der Waals surface area contributed by atoms with Gasteiger partial charge >= 0.3 is 0 Å². The Morgan fingerprint density at radius 1 is 1.44 bits per heavy atom. The first-order valence-corrected chi connectivity index (χ1v) is 5.34. The van der Waals surface area contributed by atoms with Crippen molar-refractivity contribution in [2.75, 3.05) is 27.2 Å². The molecule has 1 atom stereocenters. The molecule has 1 rings (SSSR count). The fraction of sp³-hybridized carbons (Fsp3) is 0.500. The van der Waals surface area contributed by atoms with Gasteiger partial charge in [0.2, 0.25) is 0 Å². The first kappa shape index (κ1) is 12.9. The summed E-state index contributed by atoms with van der Waals surface area (Å²) in [5.41, 5.74) is 6.47. The number of halogens is 1. The molecule has 0 aliphatic heterocycles. The molecule has 0 spiro atoms. The summed E-state index contributed by atoms with van der Waals surface area (Å²) in [6, 6.07) is 4.59. The predicted molar refractivity (Wildman–Crippen MR) is 63.1 cm³/mol. The van der Waals surface area contributed by atoms with E-state index >= 15 is 0 Å². The lowest BCUT2D eigenvalue weighted by Crippen LogP contribution is -2.20. The van der Waals surface area contributed by atoms with Gasteiger partial charge in [0.25, 0.3) is 0 Å². The van der Waals surface area contributed by atoms with Crippen LogP contribution in [0.3, 0.4) is 0 Å². The summed E-state index contributed by atoms with van der Waals surface area (Å²) in [5, 5.41) is 0. The fourth-order valence-corrected chi connectivity index (χ4v) is 1.37. The van der Waals surface area contributed by atoms with E-state index in [0.717, 1.165) is 6.54 Å². The Morgan fingerprint density at radius 2 is 2.12 bits per heavy atom. The van der Waals surface area contributed by atoms with Gasteiger partial charge in [0, 0.05) is 18.2 Å². The molecule has 1 unspecified atom stereocenters. The number of nitrogens with two attached hydrogens (primary N) is 1. The Kier molecular flexibility index (Phi) is 4.71. The van der Waals surface area contributed by atoms with Crippen molar-refractivity contribution in [1.29, 1.82) is 0 Å². The van der Waals surface area contributed by atoms with Crippen molar-refractivity contribution in [3.8, 4) is 5.75 Å². The molecule has 1 aromatic rings. The standard InChI is InChI=1S/C12H19FN2O/c1-9(14)10-5-4-6-11(13)12(10)16-8-7-15(2)3/h4-6,9H,7-8,14H2,1-3H3. The largest absolute Gasteiger partial charge is 0.489 e. The molecule has 3 nitrogen and oxygen atoms in total. The zero-order valence-corrected chi connectivity index (χ0v) is 10.0. The van der Waals surface area contributed by atoms with E-state index in [1.54, 1.807) is 12.1 Å². The molecule has 0 bridgehead atoms. The second-order valence-corrected chi connectivity index (χ2v) is 4.10. The molecule has 0 saturated heterocycles. The minimum absolute atomic E-state index is 0.231. The van der Waals surface area contributed by atoms with Crippen LogP contribution in [0.5, 0.6) is 5.75 Å². The van der Waals surface area contributed by atoms with E-state index in [0.29, 0.717) is 12.2 Å². The Balaban J connectivity index is 2.76. The molecule has 0 aromatic heterocycles. The molecule has 1 aromatic carbocycles. The van der Waals surface area contributed by atoms with E-state index in [1.165, 1.54) is 6.07 Å². The second-order valence-electron chi connectivity index (χ2n) is 4.10. The maximum Gasteiger partial charge on any atom is 0.165 e. The summed E-state index contributed by atoms with van der Waals surface area (Å²) in [4.78, 5) is 1.98. The number of rotatable bonds is 5. The van der Waals surface area contributed by atoms with E-state index in [-0.39, 0.29) is 17.6 Å². The molecule has 4 heteroatoms. The molecule has 90 valence electrons. The summed E-state index contributed by atoms with van der Waals surface area (Å²) in [6.45, 7) is 3.01. The Hall–Kier alpha value is -1.13. The zero-order chi connectivity index (χ0) is 12.1. The highest BCUT2D eigenvalue weighted by Gasteiger charge is 2.12. The van der Waals surface area contributed by atoms with Crippen LogP contribution in [0.4, 0.5) is 4.39 Å². The number of benzene rings is 1. The van der Waals surface area contributed by atoms with Crippen LogP contribution in [0.15, 0.2) is 18.2 Å². The first-order valence-electron chi connectivity index (χ1n) is 5.34. The molecule has 0 aliphatic carbocycles. The summed E-state index contributed by atoms with van der Waals surface area (Å²) in [7, 11) is 3.88. The number of ether oxygens (including phenoxy) is 1. The Labute approximate surface area is 96.0 Å². The molecule has 0 heterocycles. The topological polar surface area (TPSA) is 38.5 Å². The van der Waals surface area contributed by atoms with Crippen LogP contribution in [0, 0.1) is 5.82 Å². The van der Waals surface area contributed by atoms with Gasteiger partial charge in [-0.25, -0.2) is 4.39 Å². The highest BCUT2D eigenvalue weighted by atomic mass is 19.1. The third-order valence-corrected chi connectivity index (χ3v) is 2.27. The van der Waals surface area contributed by atoms with Crippen LogP contribution in [-0.4, -0.2) is 32.1 Å². The van der Waals surface area contributed by atoms with E-state index in [9.17, 15) is 4.39 Å². The van der Waals surface area contributed by atoms with E-state index in [2.05, 4.69) is 0 Å². The number of hydrogen-bond donors (Lipinski definition) is 1. The lowest BCUT2D eigenvalue weighted by Gasteiger charge is -2.16. The maximum absolute atomic E-state index is 13.5. The van der Waals surface area contributed by atoms with Crippen LogP contribution in [-0.2, 0) is 0 Å². The summed E-state index contributed by atoms with van der Waals surface area (Å²) < 4.78 is 19.0. The van der Waals surface area contributed by atoms with E-state index < -0.39 is 0 Å². The fourth-order valence-electron chi connectivity index (χ4n) is 1.37. The van der Waals surface area contributed by atoms with Gasteiger partial charge in [0.05, 0.1) is 0 Å². The molecule has 0 radical (unpaired) electrons. The van der Waals surface area contributed by atoms with Crippen molar-refractivity contribution in [3.05, 3.63) is 29.6 Å². The van der Waals surface area contributed by atoms with Crippen molar-refractivity contribution in [2.45, 2.75) is 13.0 Å². The maximum atomic E-state index is 13.5. The quantitative estimate of drug-likeness (QED) is 0.831. The van der Waals surface area contributed by atoms with Crippen molar-refractivity contribution < 1.29 is 9.13 Å². The number of hydrogen-bond acceptors (Lipinski definition) is 3. The van der Waals surface area contributed by atoms with Gasteiger partial charge in [0.1, 0.15) is 6.61 Å². The first-order chi connectivity index (χ1) is 7.52. The molecule has 0 aliphatic rings. The zero-order valence-electron chi connectivity index (χ0n) is 10.0. The lowest BCUT2D eigenvalue weighted by atomic mass is 10.1. The van der Waals surface area contributed by atoms with Crippen molar-refractivity contribution in [2.24, 2.45) is 5.73 Å². The van der Waals surface area contributed by atoms with Gasteiger partial charge < -0.3 is 15.4 Å². The van der Waals surface area contributed by atoms with Crippen LogP contribution in [0.2, 0.25) is 0 Å². The third-order valence-electron chi connectivity index (χ3n) is 2.27. The summed E-state index contributed by atoms with van der Waals surface area (Å²) >= 11 is 0.